The minimum absolute atomic E-state index is 0.139. The summed E-state index contributed by atoms with van der Waals surface area (Å²) in [5.41, 5.74) is 0.118. The Hall–Kier alpha value is -1.33. The number of likely N-dealkylation sites (N-methyl/N-ethyl adjacent to an activating group) is 1. The maximum absolute atomic E-state index is 12.3. The van der Waals surface area contributed by atoms with E-state index < -0.39 is 0 Å². The lowest BCUT2D eigenvalue weighted by Gasteiger charge is -2.32. The van der Waals surface area contributed by atoms with Gasteiger partial charge in [-0.2, -0.15) is 0 Å². The highest BCUT2D eigenvalue weighted by molar-refractivity contribution is 6.33. The van der Waals surface area contributed by atoms with Gasteiger partial charge in [-0.15, -0.1) is 0 Å². The molecule has 0 aromatic carbocycles. The Bertz CT molecular complexity index is 489. The van der Waals surface area contributed by atoms with E-state index in [-0.39, 0.29) is 17.1 Å². The van der Waals surface area contributed by atoms with Crippen LogP contribution in [-0.4, -0.2) is 48.5 Å². The van der Waals surface area contributed by atoms with E-state index in [2.05, 4.69) is 41.3 Å². The number of nitrogens with one attached hydrogen (secondary N) is 2. The summed E-state index contributed by atoms with van der Waals surface area (Å²) in [6.07, 6.45) is 0.989. The summed E-state index contributed by atoms with van der Waals surface area (Å²) in [6, 6.07) is 3.47. The van der Waals surface area contributed by atoms with Crippen molar-refractivity contribution in [3.63, 3.8) is 0 Å². The van der Waals surface area contributed by atoms with Crippen LogP contribution >= 0.6 is 11.6 Å². The van der Waals surface area contributed by atoms with Crippen molar-refractivity contribution >= 4 is 23.3 Å². The van der Waals surface area contributed by atoms with E-state index in [0.717, 1.165) is 13.0 Å². The highest BCUT2D eigenvalue weighted by Gasteiger charge is 2.22. The molecule has 5 nitrogen and oxygen atoms in total. The van der Waals surface area contributed by atoms with Crippen LogP contribution in [0.15, 0.2) is 12.1 Å². The number of nitrogens with zero attached hydrogens (tertiary/aromatic N) is 2. The number of carbonyl (C=O) groups is 1. The van der Waals surface area contributed by atoms with Gasteiger partial charge in [-0.1, -0.05) is 18.5 Å². The molecule has 0 aliphatic heterocycles. The molecule has 0 radical (unpaired) electrons. The predicted octanol–water partition coefficient (Wildman–Crippen LogP) is 2.63. The normalized spacial score (nSPS) is 11.6. The van der Waals surface area contributed by atoms with Gasteiger partial charge in [-0.25, -0.2) is 4.98 Å². The Kier molecular flexibility index (Phi) is 6.42. The first-order chi connectivity index (χ1) is 9.77. The number of rotatable bonds is 7. The van der Waals surface area contributed by atoms with Gasteiger partial charge in [-0.05, 0) is 46.5 Å². The van der Waals surface area contributed by atoms with E-state index in [9.17, 15) is 4.79 Å². The van der Waals surface area contributed by atoms with Crippen molar-refractivity contribution in [3.8, 4) is 0 Å². The quantitative estimate of drug-likeness (QED) is 0.812. The second-order valence-corrected chi connectivity index (χ2v) is 6.25. The number of anilines is 1. The second-order valence-electron chi connectivity index (χ2n) is 5.84. The molecule has 0 bridgehead atoms. The number of amides is 1. The zero-order valence-corrected chi connectivity index (χ0v) is 14.2. The van der Waals surface area contributed by atoms with Gasteiger partial charge in [0.1, 0.15) is 11.5 Å². The molecule has 2 N–H and O–H groups in total. The minimum Gasteiger partial charge on any atom is -0.370 e. The average Bonchev–Trinajstić information content (AvgIpc) is 2.43. The molecule has 0 aliphatic rings. The lowest BCUT2D eigenvalue weighted by Crippen LogP contribution is -2.48. The van der Waals surface area contributed by atoms with Crippen LogP contribution in [0.1, 0.15) is 37.7 Å². The number of aromatic nitrogens is 1. The third-order valence-electron chi connectivity index (χ3n) is 3.51. The molecule has 1 amide bonds. The van der Waals surface area contributed by atoms with Crippen LogP contribution in [0.3, 0.4) is 0 Å². The van der Waals surface area contributed by atoms with E-state index in [1.54, 1.807) is 12.1 Å². The molecule has 1 aromatic rings. The van der Waals surface area contributed by atoms with E-state index in [1.807, 2.05) is 14.1 Å². The lowest BCUT2D eigenvalue weighted by atomic mass is 10.0. The number of halogens is 1. The molecule has 0 aliphatic carbocycles. The van der Waals surface area contributed by atoms with Crippen LogP contribution in [-0.2, 0) is 0 Å². The van der Waals surface area contributed by atoms with Crippen molar-refractivity contribution in [2.45, 2.75) is 32.7 Å². The number of pyridine rings is 1. The Labute approximate surface area is 132 Å². The lowest BCUT2D eigenvalue weighted by molar-refractivity contribution is 0.0915. The molecule has 0 spiro atoms. The molecule has 1 heterocycles. The summed E-state index contributed by atoms with van der Waals surface area (Å²) in [5, 5.41) is 6.40. The van der Waals surface area contributed by atoms with Crippen LogP contribution in [0.5, 0.6) is 0 Å². The second kappa shape index (κ2) is 7.61. The van der Waals surface area contributed by atoms with E-state index in [0.29, 0.717) is 17.4 Å². The average molecular weight is 313 g/mol. The Morgan fingerprint density at radius 1 is 1.38 bits per heavy atom. The van der Waals surface area contributed by atoms with Crippen LogP contribution in [0.25, 0.3) is 0 Å². The molecule has 6 heteroatoms. The molecule has 1 rings (SSSR count). The topological polar surface area (TPSA) is 57.3 Å². The maximum Gasteiger partial charge on any atom is 0.271 e. The van der Waals surface area contributed by atoms with E-state index in [4.69, 9.17) is 11.6 Å². The molecule has 0 saturated carbocycles. The Balaban J connectivity index is 2.77. The van der Waals surface area contributed by atoms with Crippen molar-refractivity contribution < 1.29 is 4.79 Å². The highest BCUT2D eigenvalue weighted by Crippen LogP contribution is 2.17. The zero-order valence-electron chi connectivity index (χ0n) is 13.5. The molecule has 21 heavy (non-hydrogen) atoms. The smallest absolute Gasteiger partial charge is 0.271 e. The SMILES string of the molecule is CCCNc1ccc(Cl)c(C(=O)NCC(C)(C)N(C)C)n1. The van der Waals surface area contributed by atoms with Gasteiger partial charge in [0, 0.05) is 18.6 Å². The molecule has 0 atom stereocenters. The minimum atomic E-state index is -0.255. The van der Waals surface area contributed by atoms with Crippen molar-refractivity contribution in [3.05, 3.63) is 22.8 Å². The largest absolute Gasteiger partial charge is 0.370 e. The fourth-order valence-corrected chi connectivity index (χ4v) is 1.68. The molecule has 118 valence electrons. The van der Waals surface area contributed by atoms with Gasteiger partial charge in [0.2, 0.25) is 0 Å². The van der Waals surface area contributed by atoms with Gasteiger partial charge in [-0.3, -0.25) is 4.79 Å². The molecule has 0 unspecified atom stereocenters. The van der Waals surface area contributed by atoms with Crippen LogP contribution in [0, 0.1) is 0 Å². The predicted molar refractivity (Wildman–Crippen MR) is 88.1 cm³/mol. The fraction of sp³-hybridized carbons (Fsp3) is 0.600. The Morgan fingerprint density at radius 3 is 2.62 bits per heavy atom. The first kappa shape index (κ1) is 17.7. The van der Waals surface area contributed by atoms with Gasteiger partial charge in [0.25, 0.3) is 5.91 Å². The van der Waals surface area contributed by atoms with Crippen LogP contribution in [0.4, 0.5) is 5.82 Å². The zero-order chi connectivity index (χ0) is 16.0. The van der Waals surface area contributed by atoms with Crippen molar-refractivity contribution in [2.24, 2.45) is 0 Å². The third kappa shape index (κ3) is 5.17. The summed E-state index contributed by atoms with van der Waals surface area (Å²) in [6.45, 7) is 7.51. The highest BCUT2D eigenvalue weighted by atomic mass is 35.5. The Morgan fingerprint density at radius 2 is 2.05 bits per heavy atom. The number of carbonyl (C=O) groups excluding carboxylic acids is 1. The van der Waals surface area contributed by atoms with E-state index in [1.165, 1.54) is 0 Å². The molecular weight excluding hydrogens is 288 g/mol. The summed E-state index contributed by atoms with van der Waals surface area (Å²) in [5.74, 6) is 0.411. The summed E-state index contributed by atoms with van der Waals surface area (Å²) in [7, 11) is 3.96. The first-order valence-corrected chi connectivity index (χ1v) is 7.51. The van der Waals surface area contributed by atoms with Crippen molar-refractivity contribution in [1.29, 1.82) is 0 Å². The first-order valence-electron chi connectivity index (χ1n) is 7.14. The summed E-state index contributed by atoms with van der Waals surface area (Å²) in [4.78, 5) is 18.6. The molecule has 1 aromatic heterocycles. The summed E-state index contributed by atoms with van der Waals surface area (Å²) >= 11 is 6.08. The van der Waals surface area contributed by atoms with Gasteiger partial charge >= 0.3 is 0 Å². The third-order valence-corrected chi connectivity index (χ3v) is 3.81. The molecule has 0 fully saturated rings. The van der Waals surface area contributed by atoms with Gasteiger partial charge < -0.3 is 15.5 Å². The monoisotopic (exact) mass is 312 g/mol. The van der Waals surface area contributed by atoms with Gasteiger partial charge in [0.15, 0.2) is 0 Å². The number of hydrogen-bond acceptors (Lipinski definition) is 4. The van der Waals surface area contributed by atoms with Crippen LogP contribution in [0.2, 0.25) is 5.02 Å². The van der Waals surface area contributed by atoms with Crippen LogP contribution < -0.4 is 10.6 Å². The molecule has 0 saturated heterocycles. The number of hydrogen-bond donors (Lipinski definition) is 2. The van der Waals surface area contributed by atoms with Gasteiger partial charge in [0.05, 0.1) is 5.02 Å². The standard InChI is InChI=1S/C15H25ClN4O/c1-6-9-17-12-8-7-11(16)13(19-12)14(21)18-10-15(2,3)20(4)5/h7-8H,6,9-10H2,1-5H3,(H,17,19)(H,18,21). The molecular formula is C15H25ClN4O. The van der Waals surface area contributed by atoms with Crippen molar-refractivity contribution in [2.75, 3.05) is 32.5 Å². The fourth-order valence-electron chi connectivity index (χ4n) is 1.49. The maximum atomic E-state index is 12.3. The van der Waals surface area contributed by atoms with E-state index >= 15 is 0 Å². The summed E-state index contributed by atoms with van der Waals surface area (Å²) < 4.78 is 0. The van der Waals surface area contributed by atoms with Crippen molar-refractivity contribution in [1.82, 2.24) is 15.2 Å².